The zero-order valence-corrected chi connectivity index (χ0v) is 15.5. The third-order valence-electron chi connectivity index (χ3n) is 4.49. The van der Waals surface area contributed by atoms with Crippen LogP contribution in [0, 0.1) is 23.5 Å². The van der Waals surface area contributed by atoms with Crippen LogP contribution in [0.15, 0.2) is 18.2 Å². The van der Waals surface area contributed by atoms with Gasteiger partial charge in [0.15, 0.2) is 11.6 Å². The van der Waals surface area contributed by atoms with Gasteiger partial charge in [0.2, 0.25) is 5.91 Å². The zero-order valence-electron chi connectivity index (χ0n) is 14.7. The Morgan fingerprint density at radius 1 is 1.32 bits per heavy atom. The summed E-state index contributed by atoms with van der Waals surface area (Å²) in [5.41, 5.74) is 0. The first-order valence-electron chi connectivity index (χ1n) is 8.53. The Bertz CT molecular complexity index is 554. The molecule has 4 nitrogen and oxygen atoms in total. The fourth-order valence-electron chi connectivity index (χ4n) is 3.05. The predicted octanol–water partition coefficient (Wildman–Crippen LogP) is 3.30. The fourth-order valence-corrected chi connectivity index (χ4v) is 3.05. The number of amides is 1. The van der Waals surface area contributed by atoms with Gasteiger partial charge in [0.1, 0.15) is 12.4 Å². The van der Waals surface area contributed by atoms with Crippen molar-refractivity contribution >= 4 is 18.3 Å². The van der Waals surface area contributed by atoms with Crippen molar-refractivity contribution in [1.82, 2.24) is 10.6 Å². The zero-order chi connectivity index (χ0) is 17.5. The quantitative estimate of drug-likeness (QED) is 0.767. The first-order chi connectivity index (χ1) is 11.5. The lowest BCUT2D eigenvalue weighted by Crippen LogP contribution is -2.39. The van der Waals surface area contributed by atoms with Crippen LogP contribution >= 0.6 is 12.4 Å². The monoisotopic (exact) mass is 376 g/mol. The number of nitrogens with one attached hydrogen (secondary N) is 2. The van der Waals surface area contributed by atoms with Crippen LogP contribution in [0.3, 0.4) is 0 Å². The second kappa shape index (κ2) is 10.6. The molecule has 1 aromatic carbocycles. The van der Waals surface area contributed by atoms with Crippen LogP contribution in [0.2, 0.25) is 0 Å². The first kappa shape index (κ1) is 21.6. The molecule has 142 valence electrons. The lowest BCUT2D eigenvalue weighted by Gasteiger charge is -2.28. The lowest BCUT2D eigenvalue weighted by molar-refractivity contribution is -0.123. The third kappa shape index (κ3) is 7.16. The Kier molecular flexibility index (Phi) is 9.14. The molecule has 2 N–H and O–H groups in total. The molecular formula is C18H27ClF2N2O2. The fraction of sp³-hybridized carbons (Fsp3) is 0.611. The molecule has 2 atom stereocenters. The van der Waals surface area contributed by atoms with Gasteiger partial charge in [0.25, 0.3) is 0 Å². The summed E-state index contributed by atoms with van der Waals surface area (Å²) in [5, 5.41) is 6.20. The normalized spacial score (nSPS) is 17.3. The number of piperidine rings is 1. The van der Waals surface area contributed by atoms with Crippen LogP contribution in [0.4, 0.5) is 8.78 Å². The average molecular weight is 377 g/mol. The summed E-state index contributed by atoms with van der Waals surface area (Å²) < 4.78 is 31.6. The molecular weight excluding hydrogens is 350 g/mol. The van der Waals surface area contributed by atoms with Crippen molar-refractivity contribution in [3.05, 3.63) is 29.8 Å². The van der Waals surface area contributed by atoms with Crippen molar-refractivity contribution in [3.63, 3.8) is 0 Å². The van der Waals surface area contributed by atoms with Crippen molar-refractivity contribution in [3.8, 4) is 5.75 Å². The highest BCUT2D eigenvalue weighted by molar-refractivity contribution is 5.85. The van der Waals surface area contributed by atoms with Crippen LogP contribution in [0.5, 0.6) is 5.75 Å². The second-order valence-electron chi connectivity index (χ2n) is 6.62. The van der Waals surface area contributed by atoms with Gasteiger partial charge in [-0.3, -0.25) is 4.79 Å². The van der Waals surface area contributed by atoms with Crippen LogP contribution in [0.1, 0.15) is 33.1 Å². The number of rotatable bonds is 7. The highest BCUT2D eigenvalue weighted by Gasteiger charge is 2.22. The van der Waals surface area contributed by atoms with E-state index in [1.807, 2.05) is 0 Å². The van der Waals surface area contributed by atoms with Gasteiger partial charge in [-0.15, -0.1) is 12.4 Å². The summed E-state index contributed by atoms with van der Waals surface area (Å²) in [6, 6.07) is 2.92. The molecule has 2 rings (SSSR count). The van der Waals surface area contributed by atoms with E-state index in [9.17, 15) is 13.6 Å². The van der Waals surface area contributed by atoms with E-state index in [0.717, 1.165) is 38.1 Å². The molecule has 0 aliphatic carbocycles. The molecule has 7 heteroatoms. The molecule has 1 aliphatic rings. The largest absolute Gasteiger partial charge is 0.488 e. The molecule has 1 fully saturated rings. The van der Waals surface area contributed by atoms with E-state index in [-0.39, 0.29) is 36.7 Å². The van der Waals surface area contributed by atoms with E-state index >= 15 is 0 Å². The first-order valence-corrected chi connectivity index (χ1v) is 8.53. The molecule has 1 amide bonds. The maximum atomic E-state index is 13.5. The van der Waals surface area contributed by atoms with Gasteiger partial charge in [-0.05, 0) is 56.8 Å². The summed E-state index contributed by atoms with van der Waals surface area (Å²) in [6.45, 7) is 6.09. The third-order valence-corrected chi connectivity index (χ3v) is 4.49. The Labute approximate surface area is 154 Å². The van der Waals surface area contributed by atoms with Crippen molar-refractivity contribution in [2.45, 2.75) is 39.2 Å². The predicted molar refractivity (Wildman–Crippen MR) is 96.1 cm³/mol. The molecule has 1 saturated heterocycles. The topological polar surface area (TPSA) is 50.4 Å². The minimum Gasteiger partial charge on any atom is -0.488 e. The molecule has 0 bridgehead atoms. The molecule has 1 aliphatic heterocycles. The highest BCUT2D eigenvalue weighted by atomic mass is 35.5. The van der Waals surface area contributed by atoms with Crippen LogP contribution in [-0.2, 0) is 4.79 Å². The van der Waals surface area contributed by atoms with Crippen molar-refractivity contribution in [2.24, 2.45) is 11.8 Å². The number of benzene rings is 1. The molecule has 25 heavy (non-hydrogen) atoms. The molecule has 2 unspecified atom stereocenters. The van der Waals surface area contributed by atoms with E-state index < -0.39 is 11.6 Å². The van der Waals surface area contributed by atoms with Gasteiger partial charge < -0.3 is 15.4 Å². The van der Waals surface area contributed by atoms with Gasteiger partial charge >= 0.3 is 0 Å². The van der Waals surface area contributed by atoms with Crippen molar-refractivity contribution < 1.29 is 18.3 Å². The molecule has 0 aromatic heterocycles. The van der Waals surface area contributed by atoms with Gasteiger partial charge in [-0.1, -0.05) is 6.92 Å². The molecule has 0 spiro atoms. The smallest absolute Gasteiger partial charge is 0.220 e. The van der Waals surface area contributed by atoms with Crippen LogP contribution in [-0.4, -0.2) is 31.6 Å². The Morgan fingerprint density at radius 3 is 2.64 bits per heavy atom. The second-order valence-corrected chi connectivity index (χ2v) is 6.62. The minimum absolute atomic E-state index is 0. The van der Waals surface area contributed by atoms with Gasteiger partial charge in [0.05, 0.1) is 6.04 Å². The van der Waals surface area contributed by atoms with E-state index in [0.29, 0.717) is 18.3 Å². The Balaban J connectivity index is 0.00000312. The average Bonchev–Trinajstić information content (AvgIpc) is 2.54. The van der Waals surface area contributed by atoms with Crippen LogP contribution in [0.25, 0.3) is 0 Å². The molecule has 0 radical (unpaired) electrons. The number of hydrogen-bond acceptors (Lipinski definition) is 3. The minimum atomic E-state index is -0.743. The standard InChI is InChI=1S/C18H26F2N2O2.ClH/c1-12(14-5-7-21-8-6-14)9-18(23)22-13(2)11-24-17-4-3-15(19)10-16(17)20;/h3-4,10,12-14,21H,5-9,11H2,1-2H3,(H,22,23);1H. The maximum absolute atomic E-state index is 13.5. The van der Waals surface area contributed by atoms with Crippen molar-refractivity contribution in [1.29, 1.82) is 0 Å². The summed E-state index contributed by atoms with van der Waals surface area (Å²) in [4.78, 5) is 12.1. The van der Waals surface area contributed by atoms with E-state index in [1.54, 1.807) is 6.92 Å². The summed E-state index contributed by atoms with van der Waals surface area (Å²) in [6.07, 6.45) is 2.70. The summed E-state index contributed by atoms with van der Waals surface area (Å²) in [7, 11) is 0. The number of halogens is 3. The molecule has 0 saturated carbocycles. The highest BCUT2D eigenvalue weighted by Crippen LogP contribution is 2.24. The summed E-state index contributed by atoms with van der Waals surface area (Å²) >= 11 is 0. The van der Waals surface area contributed by atoms with Gasteiger partial charge in [0, 0.05) is 12.5 Å². The summed E-state index contributed by atoms with van der Waals surface area (Å²) in [5.74, 6) is -0.495. The van der Waals surface area contributed by atoms with Gasteiger partial charge in [-0.2, -0.15) is 0 Å². The number of carbonyl (C=O) groups excluding carboxylic acids is 1. The lowest BCUT2D eigenvalue weighted by atomic mass is 9.84. The van der Waals surface area contributed by atoms with E-state index in [4.69, 9.17) is 4.74 Å². The van der Waals surface area contributed by atoms with E-state index in [1.165, 1.54) is 6.07 Å². The van der Waals surface area contributed by atoms with E-state index in [2.05, 4.69) is 17.6 Å². The maximum Gasteiger partial charge on any atom is 0.220 e. The number of hydrogen-bond donors (Lipinski definition) is 2. The SMILES string of the molecule is CC(COc1ccc(F)cc1F)NC(=O)CC(C)C1CCNCC1.Cl. The molecule has 1 aromatic rings. The van der Waals surface area contributed by atoms with Crippen molar-refractivity contribution in [2.75, 3.05) is 19.7 Å². The number of ether oxygens (including phenoxy) is 1. The number of carbonyl (C=O) groups is 1. The Hall–Kier alpha value is -1.40. The molecule has 1 heterocycles. The van der Waals surface area contributed by atoms with Crippen LogP contribution < -0.4 is 15.4 Å². The van der Waals surface area contributed by atoms with Gasteiger partial charge in [-0.25, -0.2) is 8.78 Å². The Morgan fingerprint density at radius 2 is 2.00 bits per heavy atom.